The van der Waals surface area contributed by atoms with Crippen molar-refractivity contribution in [2.24, 2.45) is 5.92 Å². The van der Waals surface area contributed by atoms with Gasteiger partial charge >= 0.3 is 0 Å². The molecule has 0 aliphatic carbocycles. The van der Waals surface area contributed by atoms with Crippen LogP contribution in [0.5, 0.6) is 0 Å². The SMILES string of the molecule is CN(C(=O)C1CNC1)C1CCCN(c2cccnn2)C1.Cl. The minimum absolute atomic E-state index is 0. The first kappa shape index (κ1) is 16.0. The average Bonchev–Trinajstić information content (AvgIpc) is 2.46. The van der Waals surface area contributed by atoms with E-state index in [0.717, 1.165) is 44.8 Å². The van der Waals surface area contributed by atoms with Crippen molar-refractivity contribution < 1.29 is 4.79 Å². The normalized spacial score (nSPS) is 22.1. The molecule has 0 aromatic carbocycles. The molecule has 0 bridgehead atoms. The number of piperidine rings is 1. The van der Waals surface area contributed by atoms with Gasteiger partial charge < -0.3 is 15.1 Å². The second-order valence-corrected chi connectivity index (χ2v) is 5.63. The topological polar surface area (TPSA) is 61.4 Å². The summed E-state index contributed by atoms with van der Waals surface area (Å²) in [5.74, 6) is 1.35. The molecule has 0 saturated carbocycles. The molecule has 21 heavy (non-hydrogen) atoms. The summed E-state index contributed by atoms with van der Waals surface area (Å²) < 4.78 is 0. The third-order valence-corrected chi connectivity index (χ3v) is 4.30. The number of amides is 1. The fraction of sp³-hybridized carbons (Fsp3) is 0.643. The number of nitrogens with one attached hydrogen (secondary N) is 1. The lowest BCUT2D eigenvalue weighted by molar-refractivity contribution is -0.138. The van der Waals surface area contributed by atoms with Crippen molar-refractivity contribution in [1.82, 2.24) is 20.4 Å². The molecule has 1 N–H and O–H groups in total. The summed E-state index contributed by atoms with van der Waals surface area (Å²) in [6.45, 7) is 3.48. The molecule has 1 unspecified atom stereocenters. The van der Waals surface area contributed by atoms with E-state index in [1.807, 2.05) is 24.1 Å². The Balaban J connectivity index is 0.00000161. The first-order valence-corrected chi connectivity index (χ1v) is 7.26. The number of carbonyl (C=O) groups is 1. The van der Waals surface area contributed by atoms with Gasteiger partial charge in [-0.15, -0.1) is 17.5 Å². The Bertz CT molecular complexity index is 468. The molecule has 0 spiro atoms. The highest BCUT2D eigenvalue weighted by atomic mass is 35.5. The maximum Gasteiger partial charge on any atom is 0.228 e. The van der Waals surface area contributed by atoms with Crippen molar-refractivity contribution in [3.05, 3.63) is 18.3 Å². The van der Waals surface area contributed by atoms with Crippen molar-refractivity contribution >= 4 is 24.1 Å². The number of hydrogen-bond acceptors (Lipinski definition) is 5. The van der Waals surface area contributed by atoms with Crippen LogP contribution in [0.3, 0.4) is 0 Å². The third-order valence-electron chi connectivity index (χ3n) is 4.30. The quantitative estimate of drug-likeness (QED) is 0.883. The van der Waals surface area contributed by atoms with Gasteiger partial charge in [0, 0.05) is 45.5 Å². The summed E-state index contributed by atoms with van der Waals surface area (Å²) in [6.07, 6.45) is 3.84. The lowest BCUT2D eigenvalue weighted by Gasteiger charge is -2.40. The summed E-state index contributed by atoms with van der Waals surface area (Å²) in [5, 5.41) is 11.3. The van der Waals surface area contributed by atoms with Crippen molar-refractivity contribution in [2.75, 3.05) is 38.1 Å². The van der Waals surface area contributed by atoms with Crippen molar-refractivity contribution in [3.63, 3.8) is 0 Å². The van der Waals surface area contributed by atoms with Gasteiger partial charge in [-0.25, -0.2) is 0 Å². The van der Waals surface area contributed by atoms with Gasteiger partial charge in [0.25, 0.3) is 0 Å². The van der Waals surface area contributed by atoms with Gasteiger partial charge in [0.05, 0.1) is 5.92 Å². The molecule has 7 heteroatoms. The highest BCUT2D eigenvalue weighted by Crippen LogP contribution is 2.21. The summed E-state index contributed by atoms with van der Waals surface area (Å²) >= 11 is 0. The molecule has 6 nitrogen and oxygen atoms in total. The van der Waals surface area contributed by atoms with E-state index in [2.05, 4.69) is 20.4 Å². The molecule has 2 fully saturated rings. The van der Waals surface area contributed by atoms with E-state index in [1.165, 1.54) is 0 Å². The fourth-order valence-corrected chi connectivity index (χ4v) is 2.87. The van der Waals surface area contributed by atoms with Gasteiger partial charge in [-0.05, 0) is 25.0 Å². The van der Waals surface area contributed by atoms with Gasteiger partial charge in [0.15, 0.2) is 5.82 Å². The second kappa shape index (κ2) is 7.04. The predicted octanol–water partition coefficient (Wildman–Crippen LogP) is 0.545. The number of likely N-dealkylation sites (N-methyl/N-ethyl adjacent to an activating group) is 1. The van der Waals surface area contributed by atoms with Gasteiger partial charge in [0.2, 0.25) is 5.91 Å². The molecule has 1 amide bonds. The molecule has 1 aromatic rings. The van der Waals surface area contributed by atoms with Gasteiger partial charge in [-0.3, -0.25) is 4.79 Å². The monoisotopic (exact) mass is 311 g/mol. The van der Waals surface area contributed by atoms with E-state index < -0.39 is 0 Å². The number of aromatic nitrogens is 2. The van der Waals surface area contributed by atoms with Crippen LogP contribution in [-0.4, -0.2) is 60.3 Å². The predicted molar refractivity (Wildman–Crippen MR) is 83.6 cm³/mol. The number of rotatable bonds is 3. The van der Waals surface area contributed by atoms with Crippen LogP contribution in [0.15, 0.2) is 18.3 Å². The Labute approximate surface area is 131 Å². The van der Waals surface area contributed by atoms with E-state index in [9.17, 15) is 4.79 Å². The molecular weight excluding hydrogens is 290 g/mol. The number of nitrogens with zero attached hydrogens (tertiary/aromatic N) is 4. The van der Waals surface area contributed by atoms with Gasteiger partial charge in [0.1, 0.15) is 0 Å². The van der Waals surface area contributed by atoms with Crippen molar-refractivity contribution in [2.45, 2.75) is 18.9 Å². The third kappa shape index (κ3) is 3.44. The van der Waals surface area contributed by atoms with Crippen LogP contribution in [0, 0.1) is 5.92 Å². The number of hydrogen-bond donors (Lipinski definition) is 1. The Kier molecular flexibility index (Phi) is 5.36. The van der Waals surface area contributed by atoms with Crippen LogP contribution >= 0.6 is 12.4 Å². The molecule has 1 aromatic heterocycles. The first-order valence-electron chi connectivity index (χ1n) is 7.26. The summed E-state index contributed by atoms with van der Waals surface area (Å²) in [7, 11) is 1.94. The number of anilines is 1. The smallest absolute Gasteiger partial charge is 0.228 e. The maximum absolute atomic E-state index is 12.3. The molecule has 3 heterocycles. The number of halogens is 1. The Hall–Kier alpha value is -1.40. The zero-order chi connectivity index (χ0) is 13.9. The molecule has 0 radical (unpaired) electrons. The lowest BCUT2D eigenvalue weighted by atomic mass is 9.98. The molecule has 2 aliphatic heterocycles. The highest BCUT2D eigenvalue weighted by molar-refractivity contribution is 5.85. The number of carbonyl (C=O) groups excluding carboxylic acids is 1. The van der Waals surface area contributed by atoms with Crippen LogP contribution in [0.4, 0.5) is 5.82 Å². The average molecular weight is 312 g/mol. The summed E-state index contributed by atoms with van der Waals surface area (Å²) in [6, 6.07) is 4.16. The summed E-state index contributed by atoms with van der Waals surface area (Å²) in [4.78, 5) is 16.5. The minimum Gasteiger partial charge on any atom is -0.353 e. The van der Waals surface area contributed by atoms with Gasteiger partial charge in [-0.2, -0.15) is 5.10 Å². The second-order valence-electron chi connectivity index (χ2n) is 5.63. The molecule has 1 atom stereocenters. The molecular formula is C14H22ClN5O. The van der Waals surface area contributed by atoms with Crippen LogP contribution in [0.2, 0.25) is 0 Å². The van der Waals surface area contributed by atoms with E-state index in [4.69, 9.17) is 0 Å². The molecule has 2 aliphatic rings. The zero-order valence-corrected chi connectivity index (χ0v) is 13.1. The fourth-order valence-electron chi connectivity index (χ4n) is 2.87. The van der Waals surface area contributed by atoms with E-state index in [1.54, 1.807) is 6.20 Å². The van der Waals surface area contributed by atoms with Gasteiger partial charge in [-0.1, -0.05) is 0 Å². The highest BCUT2D eigenvalue weighted by Gasteiger charge is 2.33. The lowest BCUT2D eigenvalue weighted by Crippen LogP contribution is -2.56. The Morgan fingerprint density at radius 1 is 1.48 bits per heavy atom. The maximum atomic E-state index is 12.3. The van der Waals surface area contributed by atoms with Crippen LogP contribution in [0.25, 0.3) is 0 Å². The minimum atomic E-state index is 0. The van der Waals surface area contributed by atoms with E-state index in [-0.39, 0.29) is 30.3 Å². The molecule has 3 rings (SSSR count). The Morgan fingerprint density at radius 3 is 2.90 bits per heavy atom. The summed E-state index contributed by atoms with van der Waals surface area (Å²) in [5.41, 5.74) is 0. The largest absolute Gasteiger partial charge is 0.353 e. The van der Waals surface area contributed by atoms with Crippen molar-refractivity contribution in [3.8, 4) is 0 Å². The first-order chi connectivity index (χ1) is 9.75. The zero-order valence-electron chi connectivity index (χ0n) is 12.2. The standard InChI is InChI=1S/C14H21N5O.ClH/c1-18(14(20)11-8-15-9-11)12-4-3-7-19(10-12)13-5-2-6-16-17-13;/h2,5-6,11-12,15H,3-4,7-10H2,1H3;1H. The van der Waals surface area contributed by atoms with Crippen LogP contribution < -0.4 is 10.2 Å². The van der Waals surface area contributed by atoms with Crippen molar-refractivity contribution in [1.29, 1.82) is 0 Å². The van der Waals surface area contributed by atoms with Crippen LogP contribution in [0.1, 0.15) is 12.8 Å². The van der Waals surface area contributed by atoms with E-state index >= 15 is 0 Å². The molecule has 116 valence electrons. The van der Waals surface area contributed by atoms with E-state index in [0.29, 0.717) is 0 Å². The molecule has 2 saturated heterocycles. The Morgan fingerprint density at radius 2 is 2.29 bits per heavy atom. The van der Waals surface area contributed by atoms with Crippen LogP contribution in [-0.2, 0) is 4.79 Å².